The number of hydrogen-bond acceptors (Lipinski definition) is 5. The van der Waals surface area contributed by atoms with Gasteiger partial charge in [0.15, 0.2) is 0 Å². The van der Waals surface area contributed by atoms with E-state index in [2.05, 4.69) is 0 Å². The summed E-state index contributed by atoms with van der Waals surface area (Å²) in [6.07, 6.45) is 0. The Labute approximate surface area is 161 Å². The number of amides is 2. The molecule has 0 fully saturated rings. The van der Waals surface area contributed by atoms with Crippen molar-refractivity contribution >= 4 is 11.8 Å². The van der Waals surface area contributed by atoms with Crippen molar-refractivity contribution in [1.82, 2.24) is 5.06 Å². The predicted molar refractivity (Wildman–Crippen MR) is 101 cm³/mol. The van der Waals surface area contributed by atoms with Gasteiger partial charge in [-0.2, -0.15) is 0 Å². The Morgan fingerprint density at radius 1 is 0.750 bits per heavy atom. The Bertz CT molecular complexity index is 1010. The Kier molecular flexibility index (Phi) is 4.78. The maximum absolute atomic E-state index is 12.3. The molecule has 0 spiro atoms. The Hall–Kier alpha value is -3.64. The first-order valence-electron chi connectivity index (χ1n) is 8.67. The SMILES string of the molecule is COc1cccc(Oc2cccc(CON3C(=O)c4ccccc4C3=O)c2)c1. The van der Waals surface area contributed by atoms with Crippen LogP contribution >= 0.6 is 0 Å². The quantitative estimate of drug-likeness (QED) is 0.604. The van der Waals surface area contributed by atoms with Crippen molar-refractivity contribution < 1.29 is 23.9 Å². The second-order valence-electron chi connectivity index (χ2n) is 6.15. The molecule has 0 unspecified atom stereocenters. The van der Waals surface area contributed by atoms with Crippen molar-refractivity contribution in [2.24, 2.45) is 0 Å². The number of imide groups is 1. The summed E-state index contributed by atoms with van der Waals surface area (Å²) in [5.41, 5.74) is 1.46. The van der Waals surface area contributed by atoms with Gasteiger partial charge >= 0.3 is 0 Å². The molecule has 4 rings (SSSR count). The van der Waals surface area contributed by atoms with Gasteiger partial charge in [0.1, 0.15) is 23.9 Å². The number of carbonyl (C=O) groups excluding carboxylic acids is 2. The Morgan fingerprint density at radius 2 is 1.36 bits per heavy atom. The molecule has 140 valence electrons. The van der Waals surface area contributed by atoms with Crippen LogP contribution in [-0.4, -0.2) is 24.0 Å². The molecule has 0 radical (unpaired) electrons. The lowest BCUT2D eigenvalue weighted by Crippen LogP contribution is -2.29. The highest BCUT2D eigenvalue weighted by Crippen LogP contribution is 2.27. The number of hydrogen-bond donors (Lipinski definition) is 0. The summed E-state index contributed by atoms with van der Waals surface area (Å²) in [7, 11) is 1.59. The Morgan fingerprint density at radius 3 is 2.04 bits per heavy atom. The molecule has 1 heterocycles. The van der Waals surface area contributed by atoms with Crippen LogP contribution in [0.1, 0.15) is 26.3 Å². The first-order valence-corrected chi connectivity index (χ1v) is 8.67. The van der Waals surface area contributed by atoms with Crippen LogP contribution in [0, 0.1) is 0 Å². The van der Waals surface area contributed by atoms with E-state index in [1.807, 2.05) is 36.4 Å². The van der Waals surface area contributed by atoms with Gasteiger partial charge in [-0.3, -0.25) is 14.4 Å². The van der Waals surface area contributed by atoms with Gasteiger partial charge in [-0.05, 0) is 42.0 Å². The molecule has 0 bridgehead atoms. The summed E-state index contributed by atoms with van der Waals surface area (Å²) in [5, 5.41) is 0.806. The van der Waals surface area contributed by atoms with Crippen LogP contribution in [0.4, 0.5) is 0 Å². The lowest BCUT2D eigenvalue weighted by Gasteiger charge is -2.14. The van der Waals surface area contributed by atoms with Gasteiger partial charge in [-0.25, -0.2) is 0 Å². The normalized spacial score (nSPS) is 12.8. The van der Waals surface area contributed by atoms with Crippen molar-refractivity contribution in [3.8, 4) is 17.2 Å². The highest BCUT2D eigenvalue weighted by molar-refractivity contribution is 6.20. The van der Waals surface area contributed by atoms with E-state index in [9.17, 15) is 9.59 Å². The van der Waals surface area contributed by atoms with Crippen LogP contribution in [-0.2, 0) is 11.4 Å². The molecule has 2 amide bonds. The molecule has 3 aromatic carbocycles. The average molecular weight is 375 g/mol. The third kappa shape index (κ3) is 3.45. The van der Waals surface area contributed by atoms with Crippen LogP contribution in [0.5, 0.6) is 17.2 Å². The molecule has 3 aromatic rings. The third-order valence-corrected chi connectivity index (χ3v) is 4.29. The van der Waals surface area contributed by atoms with Crippen molar-refractivity contribution in [2.45, 2.75) is 6.61 Å². The van der Waals surface area contributed by atoms with Crippen molar-refractivity contribution in [3.63, 3.8) is 0 Å². The second-order valence-corrected chi connectivity index (χ2v) is 6.15. The summed E-state index contributed by atoms with van der Waals surface area (Å²) in [6, 6.07) is 21.2. The molecule has 0 N–H and O–H groups in total. The van der Waals surface area contributed by atoms with Crippen LogP contribution in [0.2, 0.25) is 0 Å². The van der Waals surface area contributed by atoms with Crippen LogP contribution in [0.15, 0.2) is 72.8 Å². The maximum atomic E-state index is 12.3. The molecule has 0 aromatic heterocycles. The molecule has 0 saturated carbocycles. The molecular weight excluding hydrogens is 358 g/mol. The van der Waals surface area contributed by atoms with Gasteiger partial charge in [0.05, 0.1) is 18.2 Å². The van der Waals surface area contributed by atoms with Crippen molar-refractivity contribution in [1.29, 1.82) is 0 Å². The number of carbonyl (C=O) groups is 2. The molecule has 1 aliphatic rings. The van der Waals surface area contributed by atoms with E-state index in [4.69, 9.17) is 14.3 Å². The monoisotopic (exact) mass is 375 g/mol. The van der Waals surface area contributed by atoms with Gasteiger partial charge in [0.2, 0.25) is 0 Å². The van der Waals surface area contributed by atoms with Gasteiger partial charge in [-0.15, -0.1) is 5.06 Å². The van der Waals surface area contributed by atoms with E-state index >= 15 is 0 Å². The minimum atomic E-state index is -0.454. The second kappa shape index (κ2) is 7.54. The zero-order chi connectivity index (χ0) is 19.5. The number of nitrogens with zero attached hydrogens (tertiary/aromatic N) is 1. The fourth-order valence-electron chi connectivity index (χ4n) is 2.92. The van der Waals surface area contributed by atoms with Crippen molar-refractivity contribution in [2.75, 3.05) is 7.11 Å². The highest BCUT2D eigenvalue weighted by Gasteiger charge is 2.36. The minimum Gasteiger partial charge on any atom is -0.497 e. The van der Waals surface area contributed by atoms with Crippen LogP contribution < -0.4 is 9.47 Å². The summed E-state index contributed by atoms with van der Waals surface area (Å²) < 4.78 is 11.0. The van der Waals surface area contributed by atoms with Gasteiger partial charge in [-0.1, -0.05) is 30.3 Å². The predicted octanol–water partition coefficient (Wildman–Crippen LogP) is 4.22. The molecule has 28 heavy (non-hydrogen) atoms. The average Bonchev–Trinajstić information content (AvgIpc) is 2.97. The lowest BCUT2D eigenvalue weighted by atomic mass is 10.1. The molecule has 1 aliphatic heterocycles. The lowest BCUT2D eigenvalue weighted by molar-refractivity contribution is -0.101. The number of benzene rings is 3. The third-order valence-electron chi connectivity index (χ3n) is 4.29. The summed E-state index contributed by atoms with van der Waals surface area (Å²) in [5.74, 6) is 1.03. The zero-order valence-electron chi connectivity index (χ0n) is 15.1. The topological polar surface area (TPSA) is 65.1 Å². The Balaban J connectivity index is 1.44. The van der Waals surface area contributed by atoms with Crippen molar-refractivity contribution in [3.05, 3.63) is 89.5 Å². The number of ether oxygens (including phenoxy) is 2. The number of rotatable bonds is 6. The van der Waals surface area contributed by atoms with Crippen LogP contribution in [0.3, 0.4) is 0 Å². The molecular formula is C22H17NO5. The number of fused-ring (bicyclic) bond motifs is 1. The number of hydroxylamine groups is 2. The van der Waals surface area contributed by atoms with E-state index in [-0.39, 0.29) is 6.61 Å². The summed E-state index contributed by atoms with van der Waals surface area (Å²) in [4.78, 5) is 30.2. The molecule has 6 nitrogen and oxygen atoms in total. The first-order chi connectivity index (χ1) is 13.7. The standard InChI is InChI=1S/C22H17NO5/c1-26-16-7-5-9-18(13-16)28-17-8-4-6-15(12-17)14-27-23-21(24)19-10-2-3-11-20(19)22(23)25/h2-13H,14H2,1H3. The largest absolute Gasteiger partial charge is 0.497 e. The van der Waals surface area contributed by atoms with Gasteiger partial charge < -0.3 is 9.47 Å². The first kappa shape index (κ1) is 17.8. The summed E-state index contributed by atoms with van der Waals surface area (Å²) in [6.45, 7) is 0.0563. The summed E-state index contributed by atoms with van der Waals surface area (Å²) >= 11 is 0. The fraction of sp³-hybridized carbons (Fsp3) is 0.0909. The minimum absolute atomic E-state index is 0.0563. The fourth-order valence-corrected chi connectivity index (χ4v) is 2.92. The van der Waals surface area contributed by atoms with E-state index in [0.717, 1.165) is 10.6 Å². The van der Waals surface area contributed by atoms with E-state index in [1.165, 1.54) is 0 Å². The van der Waals surface area contributed by atoms with Gasteiger partial charge in [0.25, 0.3) is 11.8 Å². The molecule has 0 aliphatic carbocycles. The van der Waals surface area contributed by atoms with Crippen LogP contribution in [0.25, 0.3) is 0 Å². The zero-order valence-corrected chi connectivity index (χ0v) is 15.1. The molecule has 0 saturated heterocycles. The van der Waals surface area contributed by atoms with Gasteiger partial charge in [0, 0.05) is 6.07 Å². The smallest absolute Gasteiger partial charge is 0.285 e. The maximum Gasteiger partial charge on any atom is 0.285 e. The molecule has 6 heteroatoms. The van der Waals surface area contributed by atoms with E-state index in [0.29, 0.717) is 28.4 Å². The van der Waals surface area contributed by atoms with E-state index in [1.54, 1.807) is 43.5 Å². The number of methoxy groups -OCH3 is 1. The van der Waals surface area contributed by atoms with E-state index < -0.39 is 11.8 Å². The highest BCUT2D eigenvalue weighted by atomic mass is 16.7. The molecule has 0 atom stereocenters.